The van der Waals surface area contributed by atoms with Crippen molar-refractivity contribution in [3.05, 3.63) is 17.1 Å². The van der Waals surface area contributed by atoms with E-state index < -0.39 is 0 Å². The van der Waals surface area contributed by atoms with Crippen molar-refractivity contribution in [2.75, 3.05) is 31.6 Å². The topological polar surface area (TPSA) is 32.3 Å². The lowest BCUT2D eigenvalue weighted by Crippen LogP contribution is -2.35. The lowest BCUT2D eigenvalue weighted by Gasteiger charge is -2.26. The molecule has 0 aromatic carbocycles. The van der Waals surface area contributed by atoms with Gasteiger partial charge in [-0.2, -0.15) is 0 Å². The Bertz CT molecular complexity index is 486. The van der Waals surface area contributed by atoms with E-state index in [9.17, 15) is 0 Å². The summed E-state index contributed by atoms with van der Waals surface area (Å²) in [6.07, 6.45) is 6.12. The van der Waals surface area contributed by atoms with E-state index in [-0.39, 0.29) is 0 Å². The highest BCUT2D eigenvalue weighted by molar-refractivity contribution is 5.51. The van der Waals surface area contributed by atoms with E-state index in [0.29, 0.717) is 6.04 Å². The second-order valence-corrected chi connectivity index (χ2v) is 6.19. The van der Waals surface area contributed by atoms with Crippen LogP contribution in [0.1, 0.15) is 43.3 Å². The normalized spacial score (nSPS) is 22.4. The van der Waals surface area contributed by atoms with Gasteiger partial charge >= 0.3 is 0 Å². The molecule has 1 aliphatic carbocycles. The summed E-state index contributed by atoms with van der Waals surface area (Å²) in [7, 11) is 2.23. The van der Waals surface area contributed by atoms with E-state index >= 15 is 0 Å². The average Bonchev–Trinajstić information content (AvgIpc) is 2.95. The summed E-state index contributed by atoms with van der Waals surface area (Å²) in [5.74, 6) is 2.17. The van der Waals surface area contributed by atoms with Crippen LogP contribution in [0.25, 0.3) is 0 Å². The second-order valence-electron chi connectivity index (χ2n) is 6.19. The van der Waals surface area contributed by atoms with Crippen LogP contribution in [0, 0.1) is 6.92 Å². The maximum atomic E-state index is 4.78. The summed E-state index contributed by atoms with van der Waals surface area (Å²) in [6.45, 7) is 7.65. The van der Waals surface area contributed by atoms with Crippen molar-refractivity contribution < 1.29 is 0 Å². The third kappa shape index (κ3) is 2.53. The van der Waals surface area contributed by atoms with Crippen LogP contribution in [-0.4, -0.2) is 47.6 Å². The van der Waals surface area contributed by atoms with Gasteiger partial charge in [0.15, 0.2) is 0 Å². The molecule has 2 aliphatic rings. The molecule has 0 N–H and O–H groups in total. The minimum atomic E-state index is 0.675. The highest BCUT2D eigenvalue weighted by Crippen LogP contribution is 2.30. The molecule has 1 aliphatic heterocycles. The van der Waals surface area contributed by atoms with Crippen molar-refractivity contribution in [1.82, 2.24) is 14.9 Å². The van der Waals surface area contributed by atoms with Crippen LogP contribution in [0.5, 0.6) is 0 Å². The number of hydrogen-bond acceptors (Lipinski definition) is 4. The summed E-state index contributed by atoms with van der Waals surface area (Å²) in [4.78, 5) is 14.4. The van der Waals surface area contributed by atoms with E-state index in [1.165, 1.54) is 36.3 Å². The molecule has 2 heterocycles. The number of aryl methyl sites for hydroxylation is 2. The molecule has 1 fully saturated rings. The smallest absolute Gasteiger partial charge is 0.135 e. The van der Waals surface area contributed by atoms with Gasteiger partial charge in [-0.05, 0) is 52.6 Å². The fourth-order valence-corrected chi connectivity index (χ4v) is 3.51. The Morgan fingerprint density at radius 2 is 2.05 bits per heavy atom. The molecule has 110 valence electrons. The van der Waals surface area contributed by atoms with Crippen LogP contribution in [0.15, 0.2) is 0 Å². The second kappa shape index (κ2) is 5.68. The van der Waals surface area contributed by atoms with Crippen molar-refractivity contribution in [3.63, 3.8) is 0 Å². The van der Waals surface area contributed by atoms with Crippen molar-refractivity contribution in [1.29, 1.82) is 0 Å². The highest BCUT2D eigenvalue weighted by atomic mass is 15.3. The first-order valence-electron chi connectivity index (χ1n) is 8.00. The maximum Gasteiger partial charge on any atom is 0.135 e. The van der Waals surface area contributed by atoms with Crippen LogP contribution in [0.2, 0.25) is 0 Å². The van der Waals surface area contributed by atoms with Crippen LogP contribution in [0.3, 0.4) is 0 Å². The van der Waals surface area contributed by atoms with Gasteiger partial charge in [0, 0.05) is 30.4 Å². The molecule has 1 unspecified atom stereocenters. The number of nitrogens with zero attached hydrogens (tertiary/aromatic N) is 4. The summed E-state index contributed by atoms with van der Waals surface area (Å²) >= 11 is 0. The van der Waals surface area contributed by atoms with Gasteiger partial charge in [0.25, 0.3) is 0 Å². The number of aromatic nitrogens is 2. The Labute approximate surface area is 122 Å². The van der Waals surface area contributed by atoms with Crippen molar-refractivity contribution in [2.45, 2.75) is 52.0 Å². The first kappa shape index (κ1) is 13.8. The van der Waals surface area contributed by atoms with Gasteiger partial charge in [-0.3, -0.25) is 0 Å². The molecule has 4 nitrogen and oxygen atoms in total. The molecule has 1 atom stereocenters. The highest BCUT2D eigenvalue weighted by Gasteiger charge is 2.29. The molecular formula is C16H26N4. The average molecular weight is 274 g/mol. The van der Waals surface area contributed by atoms with Gasteiger partial charge in [-0.1, -0.05) is 6.92 Å². The Kier molecular flexibility index (Phi) is 3.92. The van der Waals surface area contributed by atoms with Crippen LogP contribution in [0.4, 0.5) is 5.82 Å². The van der Waals surface area contributed by atoms with E-state index in [2.05, 4.69) is 28.8 Å². The lowest BCUT2D eigenvalue weighted by atomic mass is 9.96. The van der Waals surface area contributed by atoms with Gasteiger partial charge in [0.1, 0.15) is 11.6 Å². The third-order valence-electron chi connectivity index (χ3n) is 4.86. The fourth-order valence-electron chi connectivity index (χ4n) is 3.51. The molecule has 0 radical (unpaired) electrons. The lowest BCUT2D eigenvalue weighted by molar-refractivity contribution is 0.272. The van der Waals surface area contributed by atoms with E-state index in [4.69, 9.17) is 4.98 Å². The maximum absolute atomic E-state index is 4.78. The molecule has 4 heteroatoms. The third-order valence-corrected chi connectivity index (χ3v) is 4.86. The van der Waals surface area contributed by atoms with Crippen LogP contribution >= 0.6 is 0 Å². The van der Waals surface area contributed by atoms with Gasteiger partial charge < -0.3 is 9.80 Å². The molecule has 0 saturated carbocycles. The standard InChI is InChI=1S/C16H26N4/c1-4-19(3)13-9-10-20(11-13)16-14-7-5-6-8-15(14)17-12(2)18-16/h13H,4-11H2,1-3H3. The zero-order valence-corrected chi connectivity index (χ0v) is 13.0. The number of fused-ring (bicyclic) bond motifs is 1. The number of hydrogen-bond donors (Lipinski definition) is 0. The summed E-state index contributed by atoms with van der Waals surface area (Å²) in [5.41, 5.74) is 2.74. The Morgan fingerprint density at radius 1 is 1.25 bits per heavy atom. The Morgan fingerprint density at radius 3 is 2.85 bits per heavy atom. The number of rotatable bonds is 3. The zero-order chi connectivity index (χ0) is 14.1. The van der Waals surface area contributed by atoms with Crippen LogP contribution < -0.4 is 4.90 Å². The van der Waals surface area contributed by atoms with Gasteiger partial charge in [0.2, 0.25) is 0 Å². The first-order valence-corrected chi connectivity index (χ1v) is 8.00. The van der Waals surface area contributed by atoms with Gasteiger partial charge in [0.05, 0.1) is 0 Å². The Balaban J connectivity index is 1.86. The first-order chi connectivity index (χ1) is 9.69. The number of likely N-dealkylation sites (N-methyl/N-ethyl adjacent to an activating group) is 1. The summed E-state index contributed by atoms with van der Waals surface area (Å²) in [6, 6.07) is 0.675. The van der Waals surface area contributed by atoms with Gasteiger partial charge in [-0.25, -0.2) is 9.97 Å². The van der Waals surface area contributed by atoms with E-state index in [1.807, 2.05) is 6.92 Å². The molecule has 0 amide bonds. The summed E-state index contributed by atoms with van der Waals surface area (Å²) < 4.78 is 0. The Hall–Kier alpha value is -1.16. The fraction of sp³-hybridized carbons (Fsp3) is 0.750. The van der Waals surface area contributed by atoms with Crippen molar-refractivity contribution in [3.8, 4) is 0 Å². The molecule has 20 heavy (non-hydrogen) atoms. The van der Waals surface area contributed by atoms with E-state index in [1.54, 1.807) is 0 Å². The van der Waals surface area contributed by atoms with Gasteiger partial charge in [-0.15, -0.1) is 0 Å². The van der Waals surface area contributed by atoms with E-state index in [0.717, 1.165) is 38.3 Å². The molecule has 1 aromatic rings. The molecule has 0 bridgehead atoms. The van der Waals surface area contributed by atoms with Crippen molar-refractivity contribution in [2.24, 2.45) is 0 Å². The molecule has 0 spiro atoms. The molecule has 1 saturated heterocycles. The minimum Gasteiger partial charge on any atom is -0.355 e. The predicted molar refractivity (Wildman–Crippen MR) is 82.3 cm³/mol. The largest absolute Gasteiger partial charge is 0.355 e. The van der Waals surface area contributed by atoms with Crippen molar-refractivity contribution >= 4 is 5.82 Å². The quantitative estimate of drug-likeness (QED) is 0.846. The number of anilines is 1. The molecule has 3 rings (SSSR count). The predicted octanol–water partition coefficient (Wildman–Crippen LogP) is 2.19. The minimum absolute atomic E-state index is 0.675. The molecular weight excluding hydrogens is 248 g/mol. The zero-order valence-electron chi connectivity index (χ0n) is 13.0. The monoisotopic (exact) mass is 274 g/mol. The molecule has 1 aromatic heterocycles. The summed E-state index contributed by atoms with van der Waals surface area (Å²) in [5, 5.41) is 0. The SMILES string of the molecule is CCN(C)C1CCN(c2nc(C)nc3c2CCCC3)C1. The van der Waals surface area contributed by atoms with Crippen LogP contribution in [-0.2, 0) is 12.8 Å².